The van der Waals surface area contributed by atoms with E-state index >= 15 is 0 Å². The average molecular weight is 397 g/mol. The second-order valence-corrected chi connectivity index (χ2v) is 9.59. The van der Waals surface area contributed by atoms with Gasteiger partial charge in [-0.25, -0.2) is 13.1 Å². The Kier molecular flexibility index (Phi) is 8.26. The van der Waals surface area contributed by atoms with Gasteiger partial charge in [0, 0.05) is 11.7 Å². The van der Waals surface area contributed by atoms with Gasteiger partial charge in [-0.3, -0.25) is 4.79 Å². The number of hydrogen-bond donors (Lipinski definition) is 3. The monoisotopic (exact) mass is 396 g/mol. The zero-order valence-electron chi connectivity index (χ0n) is 16.7. The number of rotatable bonds is 7. The molecule has 152 valence electrons. The van der Waals surface area contributed by atoms with Crippen molar-refractivity contribution in [3.63, 3.8) is 0 Å². The molecule has 0 heterocycles. The number of sulfonamides is 1. The smallest absolute Gasteiger partial charge is 0.282 e. The van der Waals surface area contributed by atoms with Crippen molar-refractivity contribution in [1.29, 1.82) is 0 Å². The molecule has 7 heteroatoms. The predicted octanol–water partition coefficient (Wildman–Crippen LogP) is 2.38. The topological polar surface area (TPSA) is 91.9 Å². The van der Waals surface area contributed by atoms with E-state index in [0.717, 1.165) is 0 Å². The maximum absolute atomic E-state index is 12.5. The molecule has 27 heavy (non-hydrogen) atoms. The van der Waals surface area contributed by atoms with E-state index < -0.39 is 10.0 Å². The molecule has 1 atom stereocenters. The predicted molar refractivity (Wildman–Crippen MR) is 108 cm³/mol. The molecule has 4 N–H and O–H groups in total. The lowest BCUT2D eigenvalue weighted by Crippen LogP contribution is -2.96. The second-order valence-electron chi connectivity index (χ2n) is 7.88. The number of hydrogen-bond acceptors (Lipinski definition) is 3. The fourth-order valence-corrected chi connectivity index (χ4v) is 4.78. The zero-order valence-corrected chi connectivity index (χ0v) is 17.5. The highest BCUT2D eigenvalue weighted by Crippen LogP contribution is 2.16. The van der Waals surface area contributed by atoms with E-state index in [4.69, 9.17) is 0 Å². The third kappa shape index (κ3) is 7.24. The van der Waals surface area contributed by atoms with Crippen molar-refractivity contribution in [2.75, 3.05) is 5.32 Å². The molecule has 0 saturated heterocycles. The Morgan fingerprint density at radius 2 is 1.56 bits per heavy atom. The molecule has 2 rings (SSSR count). The molecule has 1 aromatic carbocycles. The van der Waals surface area contributed by atoms with Crippen LogP contribution in [0.2, 0.25) is 0 Å². The van der Waals surface area contributed by atoms with E-state index in [2.05, 4.69) is 15.4 Å². The summed E-state index contributed by atoms with van der Waals surface area (Å²) in [4.78, 5) is 12.7. The molecule has 0 aromatic heterocycles. The number of carbonyl (C=O) groups is 1. The van der Waals surface area contributed by atoms with Crippen molar-refractivity contribution in [2.45, 2.75) is 88.7 Å². The van der Waals surface area contributed by atoms with Crippen LogP contribution in [0.1, 0.15) is 65.7 Å². The van der Waals surface area contributed by atoms with E-state index in [1.165, 1.54) is 57.1 Å². The highest BCUT2D eigenvalue weighted by atomic mass is 32.2. The summed E-state index contributed by atoms with van der Waals surface area (Å²) < 4.78 is 26.9. The molecule has 6 nitrogen and oxygen atoms in total. The fourth-order valence-electron chi connectivity index (χ4n) is 3.53. The van der Waals surface area contributed by atoms with E-state index in [9.17, 15) is 13.2 Å². The van der Waals surface area contributed by atoms with E-state index in [0.29, 0.717) is 11.7 Å². The molecule has 0 aliphatic heterocycles. The normalized spacial score (nSPS) is 17.9. The number of nitrogens with one attached hydrogen (secondary N) is 2. The van der Waals surface area contributed by atoms with E-state index in [1.54, 1.807) is 26.0 Å². The summed E-state index contributed by atoms with van der Waals surface area (Å²) in [5.41, 5.74) is 0.612. The molecule has 1 aliphatic carbocycles. The van der Waals surface area contributed by atoms with Gasteiger partial charge in [-0.2, -0.15) is 0 Å². The first-order valence-corrected chi connectivity index (χ1v) is 11.5. The number of nitrogens with two attached hydrogens (primary N) is 1. The number of amides is 1. The SMILES string of the molecule is CC(C)NS(=O)(=O)c1ccc(NC(=O)[C@@H](C)[NH2+]C2CCCCCCC2)cc1. The molecular weight excluding hydrogens is 362 g/mol. The first-order chi connectivity index (χ1) is 12.8. The van der Waals surface area contributed by atoms with Gasteiger partial charge >= 0.3 is 0 Å². The van der Waals surface area contributed by atoms with Crippen LogP contribution in [-0.4, -0.2) is 32.5 Å². The maximum Gasteiger partial charge on any atom is 0.282 e. The molecule has 0 radical (unpaired) electrons. The van der Waals surface area contributed by atoms with Crippen LogP contribution in [0.5, 0.6) is 0 Å². The lowest BCUT2D eigenvalue weighted by atomic mass is 9.96. The highest BCUT2D eigenvalue weighted by molar-refractivity contribution is 7.89. The third-order valence-corrected chi connectivity index (χ3v) is 6.62. The van der Waals surface area contributed by atoms with Crippen molar-refractivity contribution in [2.24, 2.45) is 0 Å². The van der Waals surface area contributed by atoms with Gasteiger partial charge in [-0.15, -0.1) is 0 Å². The van der Waals surface area contributed by atoms with Crippen LogP contribution in [0.15, 0.2) is 29.2 Å². The summed E-state index contributed by atoms with van der Waals surface area (Å²) in [5.74, 6) is -0.0482. The first kappa shape index (κ1) is 21.9. The lowest BCUT2D eigenvalue weighted by molar-refractivity contribution is -0.707. The Morgan fingerprint density at radius 1 is 1.00 bits per heavy atom. The number of carbonyl (C=O) groups excluding carboxylic acids is 1. The summed E-state index contributed by atoms with van der Waals surface area (Å²) in [6.45, 7) is 5.49. The molecule has 1 aromatic rings. The fraction of sp³-hybridized carbons (Fsp3) is 0.650. The lowest BCUT2D eigenvalue weighted by Gasteiger charge is -2.21. The van der Waals surface area contributed by atoms with Crippen molar-refractivity contribution < 1.29 is 18.5 Å². The first-order valence-electron chi connectivity index (χ1n) is 10.1. The quantitative estimate of drug-likeness (QED) is 0.661. The van der Waals surface area contributed by atoms with Gasteiger partial charge in [0.2, 0.25) is 10.0 Å². The van der Waals surface area contributed by atoms with E-state index in [1.807, 2.05) is 6.92 Å². The van der Waals surface area contributed by atoms with Crippen molar-refractivity contribution in [3.8, 4) is 0 Å². The largest absolute Gasteiger partial charge is 0.334 e. The number of quaternary nitrogens is 1. The summed E-state index contributed by atoms with van der Waals surface area (Å²) in [6, 6.07) is 6.48. The zero-order chi connectivity index (χ0) is 19.9. The highest BCUT2D eigenvalue weighted by Gasteiger charge is 2.23. The summed E-state index contributed by atoms with van der Waals surface area (Å²) in [7, 11) is -3.52. The Morgan fingerprint density at radius 3 is 2.11 bits per heavy atom. The van der Waals surface area contributed by atoms with Crippen LogP contribution < -0.4 is 15.4 Å². The standard InChI is InChI=1S/C20H33N3O3S/c1-15(2)23-27(25,26)19-13-11-18(12-14-19)22-20(24)16(3)21-17-9-7-5-4-6-8-10-17/h11-17,21,23H,4-10H2,1-3H3,(H,22,24)/p+1/t16-/m1/s1. The Balaban J connectivity index is 1.90. The second kappa shape index (κ2) is 10.2. The molecule has 1 saturated carbocycles. The van der Waals surface area contributed by atoms with Crippen LogP contribution >= 0.6 is 0 Å². The van der Waals surface area contributed by atoms with Gasteiger partial charge in [-0.05, 0) is 70.7 Å². The molecular formula is C20H34N3O3S+. The van der Waals surface area contributed by atoms with Crippen molar-refractivity contribution in [1.82, 2.24) is 4.72 Å². The van der Waals surface area contributed by atoms with Crippen LogP contribution in [0.4, 0.5) is 5.69 Å². The Hall–Kier alpha value is -1.44. The molecule has 0 bridgehead atoms. The van der Waals surface area contributed by atoms with Crippen molar-refractivity contribution in [3.05, 3.63) is 24.3 Å². The van der Waals surface area contributed by atoms with Crippen LogP contribution in [0.25, 0.3) is 0 Å². The van der Waals surface area contributed by atoms with Gasteiger partial charge < -0.3 is 10.6 Å². The molecule has 0 spiro atoms. The third-order valence-electron chi connectivity index (χ3n) is 4.95. The molecule has 0 unspecified atom stereocenters. The summed E-state index contributed by atoms with van der Waals surface area (Å²) >= 11 is 0. The number of anilines is 1. The minimum atomic E-state index is -3.52. The van der Waals surface area contributed by atoms with Crippen molar-refractivity contribution >= 4 is 21.6 Å². The Bertz CT molecular complexity index is 694. The van der Waals surface area contributed by atoms with Gasteiger partial charge in [0.1, 0.15) is 0 Å². The Labute approximate surface area is 163 Å². The van der Waals surface area contributed by atoms with Crippen LogP contribution in [0, 0.1) is 0 Å². The van der Waals surface area contributed by atoms with Gasteiger partial charge in [0.15, 0.2) is 6.04 Å². The van der Waals surface area contributed by atoms with E-state index in [-0.39, 0.29) is 22.9 Å². The van der Waals surface area contributed by atoms with Gasteiger partial charge in [0.25, 0.3) is 5.91 Å². The van der Waals surface area contributed by atoms with Gasteiger partial charge in [-0.1, -0.05) is 19.3 Å². The molecule has 1 amide bonds. The summed E-state index contributed by atoms with van der Waals surface area (Å²) in [6.07, 6.45) is 8.77. The minimum Gasteiger partial charge on any atom is -0.334 e. The van der Waals surface area contributed by atoms with Crippen LogP contribution in [0.3, 0.4) is 0 Å². The van der Waals surface area contributed by atoms with Gasteiger partial charge in [0.05, 0.1) is 10.9 Å². The maximum atomic E-state index is 12.5. The summed E-state index contributed by atoms with van der Waals surface area (Å²) in [5, 5.41) is 5.08. The minimum absolute atomic E-state index is 0.0482. The van der Waals surface area contributed by atoms with Crippen LogP contribution in [-0.2, 0) is 14.8 Å². The average Bonchev–Trinajstić information content (AvgIpc) is 2.56. The molecule has 1 fully saturated rings. The number of benzene rings is 1. The molecule has 1 aliphatic rings.